The molecule has 118 valence electrons. The summed E-state index contributed by atoms with van der Waals surface area (Å²) in [5.41, 5.74) is 0. The van der Waals surface area contributed by atoms with Crippen LogP contribution in [-0.4, -0.2) is 37.5 Å². The Morgan fingerprint density at radius 3 is 2.35 bits per heavy atom. The molecule has 4 heteroatoms. The molecule has 0 spiro atoms. The summed E-state index contributed by atoms with van der Waals surface area (Å²) in [5, 5.41) is 0. The Kier molecular flexibility index (Phi) is 5.11. The predicted octanol–water partition coefficient (Wildman–Crippen LogP) is 3.20. The Balaban J connectivity index is 1.86. The summed E-state index contributed by atoms with van der Waals surface area (Å²) < 4.78 is 23.5. The lowest BCUT2D eigenvalue weighted by Crippen LogP contribution is -2.46. The SMILES string of the molecule is CCC1OC(OCC2COC(C)(C)O2)C(C)C(C)C1C. The maximum atomic E-state index is 6.12. The zero-order valence-corrected chi connectivity index (χ0v) is 13.7. The van der Waals surface area contributed by atoms with Crippen LogP contribution in [0.4, 0.5) is 0 Å². The van der Waals surface area contributed by atoms with Crippen LogP contribution in [0.15, 0.2) is 0 Å². The first kappa shape index (κ1) is 16.2. The summed E-state index contributed by atoms with van der Waals surface area (Å²) in [7, 11) is 0. The molecule has 0 amide bonds. The summed E-state index contributed by atoms with van der Waals surface area (Å²) in [6.45, 7) is 14.0. The van der Waals surface area contributed by atoms with Crippen molar-refractivity contribution in [2.75, 3.05) is 13.2 Å². The summed E-state index contributed by atoms with van der Waals surface area (Å²) in [5.74, 6) is 1.11. The second kappa shape index (κ2) is 6.30. The van der Waals surface area contributed by atoms with E-state index in [0.29, 0.717) is 37.1 Å². The van der Waals surface area contributed by atoms with E-state index in [0.717, 1.165) is 6.42 Å². The van der Waals surface area contributed by atoms with Gasteiger partial charge in [0.2, 0.25) is 0 Å². The van der Waals surface area contributed by atoms with Crippen LogP contribution in [0.1, 0.15) is 48.0 Å². The van der Waals surface area contributed by atoms with Gasteiger partial charge in [-0.3, -0.25) is 0 Å². The lowest BCUT2D eigenvalue weighted by molar-refractivity contribution is -0.257. The van der Waals surface area contributed by atoms with E-state index in [4.69, 9.17) is 18.9 Å². The normalized spacial score (nSPS) is 44.7. The highest BCUT2D eigenvalue weighted by Crippen LogP contribution is 2.36. The Bertz CT molecular complexity index is 316. The van der Waals surface area contributed by atoms with Crippen LogP contribution in [0.25, 0.3) is 0 Å². The third-order valence-corrected chi connectivity index (χ3v) is 4.90. The second-order valence-electron chi connectivity index (χ2n) is 6.81. The minimum absolute atomic E-state index is 0.00975. The molecule has 0 aromatic carbocycles. The molecule has 0 aliphatic carbocycles. The van der Waals surface area contributed by atoms with Gasteiger partial charge in [-0.1, -0.05) is 27.7 Å². The Morgan fingerprint density at radius 1 is 1.10 bits per heavy atom. The molecule has 4 nitrogen and oxygen atoms in total. The molecule has 0 aromatic rings. The summed E-state index contributed by atoms with van der Waals surface area (Å²) in [6.07, 6.45) is 1.21. The monoisotopic (exact) mass is 286 g/mol. The van der Waals surface area contributed by atoms with Crippen molar-refractivity contribution in [3.05, 3.63) is 0 Å². The highest BCUT2D eigenvalue weighted by Gasteiger charge is 2.40. The number of rotatable bonds is 4. The standard InChI is InChI=1S/C16H30O4/c1-7-14-11(3)10(2)12(4)15(19-14)17-8-13-9-18-16(5,6)20-13/h10-15H,7-9H2,1-6H3. The van der Waals surface area contributed by atoms with Gasteiger partial charge < -0.3 is 18.9 Å². The smallest absolute Gasteiger partial charge is 0.163 e. The van der Waals surface area contributed by atoms with Crippen molar-refractivity contribution < 1.29 is 18.9 Å². The first-order valence-electron chi connectivity index (χ1n) is 7.93. The van der Waals surface area contributed by atoms with Gasteiger partial charge in [0.05, 0.1) is 19.3 Å². The molecule has 6 unspecified atom stereocenters. The first-order valence-corrected chi connectivity index (χ1v) is 7.93. The maximum Gasteiger partial charge on any atom is 0.163 e. The van der Waals surface area contributed by atoms with Gasteiger partial charge in [0, 0.05) is 5.92 Å². The van der Waals surface area contributed by atoms with E-state index >= 15 is 0 Å². The number of hydrogen-bond donors (Lipinski definition) is 0. The maximum absolute atomic E-state index is 6.12. The molecule has 2 rings (SSSR count). The molecule has 0 N–H and O–H groups in total. The van der Waals surface area contributed by atoms with Crippen molar-refractivity contribution in [3.8, 4) is 0 Å². The van der Waals surface area contributed by atoms with Gasteiger partial charge in [-0.05, 0) is 32.1 Å². The molecule has 2 saturated heterocycles. The van der Waals surface area contributed by atoms with Crippen LogP contribution in [-0.2, 0) is 18.9 Å². The molecule has 0 aromatic heterocycles. The van der Waals surface area contributed by atoms with Crippen LogP contribution < -0.4 is 0 Å². The quantitative estimate of drug-likeness (QED) is 0.795. The van der Waals surface area contributed by atoms with Gasteiger partial charge in [0.1, 0.15) is 6.10 Å². The van der Waals surface area contributed by atoms with E-state index in [2.05, 4.69) is 27.7 Å². The number of ether oxygens (including phenoxy) is 4. The fourth-order valence-corrected chi connectivity index (χ4v) is 3.19. The van der Waals surface area contributed by atoms with E-state index < -0.39 is 5.79 Å². The molecule has 20 heavy (non-hydrogen) atoms. The molecule has 2 fully saturated rings. The topological polar surface area (TPSA) is 36.9 Å². The second-order valence-corrected chi connectivity index (χ2v) is 6.81. The van der Waals surface area contributed by atoms with Crippen LogP contribution >= 0.6 is 0 Å². The van der Waals surface area contributed by atoms with Crippen LogP contribution in [0.3, 0.4) is 0 Å². The third kappa shape index (κ3) is 3.53. The minimum Gasteiger partial charge on any atom is -0.350 e. The average Bonchev–Trinajstić information content (AvgIpc) is 2.75. The summed E-state index contributed by atoms with van der Waals surface area (Å²) in [6, 6.07) is 0. The third-order valence-electron chi connectivity index (χ3n) is 4.90. The molecule has 0 saturated carbocycles. The van der Waals surface area contributed by atoms with E-state index in [9.17, 15) is 0 Å². The zero-order chi connectivity index (χ0) is 14.9. The zero-order valence-electron chi connectivity index (χ0n) is 13.7. The lowest BCUT2D eigenvalue weighted by atomic mass is 9.78. The molecule has 2 aliphatic rings. The lowest BCUT2D eigenvalue weighted by Gasteiger charge is -2.43. The Hall–Kier alpha value is -0.160. The van der Waals surface area contributed by atoms with Gasteiger partial charge in [0.25, 0.3) is 0 Å². The largest absolute Gasteiger partial charge is 0.350 e. The van der Waals surface area contributed by atoms with Gasteiger partial charge in [0.15, 0.2) is 12.1 Å². The van der Waals surface area contributed by atoms with Crippen LogP contribution in [0.5, 0.6) is 0 Å². The Morgan fingerprint density at radius 2 is 1.80 bits per heavy atom. The van der Waals surface area contributed by atoms with E-state index in [1.165, 1.54) is 0 Å². The van der Waals surface area contributed by atoms with E-state index in [1.54, 1.807) is 0 Å². The van der Waals surface area contributed by atoms with Crippen molar-refractivity contribution in [2.24, 2.45) is 17.8 Å². The van der Waals surface area contributed by atoms with Crippen molar-refractivity contribution in [1.82, 2.24) is 0 Å². The van der Waals surface area contributed by atoms with Crippen molar-refractivity contribution in [3.63, 3.8) is 0 Å². The molecule has 2 aliphatic heterocycles. The summed E-state index contributed by atoms with van der Waals surface area (Å²) in [4.78, 5) is 0. The minimum atomic E-state index is -0.485. The molecule has 6 atom stereocenters. The molecule has 2 heterocycles. The van der Waals surface area contributed by atoms with E-state index in [1.807, 2.05) is 13.8 Å². The molecule has 0 bridgehead atoms. The first-order chi connectivity index (χ1) is 9.34. The van der Waals surface area contributed by atoms with Gasteiger partial charge >= 0.3 is 0 Å². The van der Waals surface area contributed by atoms with E-state index in [-0.39, 0.29) is 12.4 Å². The molecule has 0 radical (unpaired) electrons. The van der Waals surface area contributed by atoms with Crippen molar-refractivity contribution >= 4 is 0 Å². The molecular formula is C16H30O4. The number of hydrogen-bond acceptors (Lipinski definition) is 4. The van der Waals surface area contributed by atoms with Crippen molar-refractivity contribution in [2.45, 2.75) is 72.2 Å². The highest BCUT2D eigenvalue weighted by atomic mass is 16.8. The summed E-state index contributed by atoms with van der Waals surface area (Å²) >= 11 is 0. The van der Waals surface area contributed by atoms with Gasteiger partial charge in [-0.25, -0.2) is 0 Å². The van der Waals surface area contributed by atoms with Crippen LogP contribution in [0, 0.1) is 17.8 Å². The highest BCUT2D eigenvalue weighted by molar-refractivity contribution is 4.82. The molecular weight excluding hydrogens is 256 g/mol. The van der Waals surface area contributed by atoms with Gasteiger partial charge in [-0.2, -0.15) is 0 Å². The predicted molar refractivity (Wildman–Crippen MR) is 77.3 cm³/mol. The van der Waals surface area contributed by atoms with Crippen LogP contribution in [0.2, 0.25) is 0 Å². The fourth-order valence-electron chi connectivity index (χ4n) is 3.19. The average molecular weight is 286 g/mol. The van der Waals surface area contributed by atoms with Gasteiger partial charge in [-0.15, -0.1) is 0 Å². The fraction of sp³-hybridized carbons (Fsp3) is 1.00. The Labute approximate surface area is 123 Å². The van der Waals surface area contributed by atoms with Crippen molar-refractivity contribution in [1.29, 1.82) is 0 Å².